The SMILES string of the molecule is CC(C)C(NC(=O)CCOCCOCCOCCOCCNC(=O)CCN1C(=O)C=CC1=O)C(=O)N[C@@H](C)C(=O)Nc1ccc(CO)cc1. The van der Waals surface area contributed by atoms with Gasteiger partial charge in [0, 0.05) is 43.8 Å². The Morgan fingerprint density at radius 1 is 0.714 bits per heavy atom. The molecule has 1 aliphatic heterocycles. The van der Waals surface area contributed by atoms with Gasteiger partial charge in [-0.1, -0.05) is 26.0 Å². The second-order valence-corrected chi connectivity index (χ2v) is 11.3. The number of aliphatic hydroxyl groups excluding tert-OH is 1. The number of nitrogens with one attached hydrogen (secondary N) is 4. The molecule has 0 saturated carbocycles. The lowest BCUT2D eigenvalue weighted by molar-refractivity contribution is -0.137. The minimum absolute atomic E-state index is 0.0241. The van der Waals surface area contributed by atoms with E-state index >= 15 is 0 Å². The van der Waals surface area contributed by atoms with Crippen molar-refractivity contribution in [1.82, 2.24) is 20.9 Å². The van der Waals surface area contributed by atoms with E-state index in [0.717, 1.165) is 4.90 Å². The number of amides is 6. The molecule has 16 heteroatoms. The van der Waals surface area contributed by atoms with E-state index in [1.54, 1.807) is 45.0 Å². The molecule has 1 aromatic rings. The molecule has 1 heterocycles. The van der Waals surface area contributed by atoms with Gasteiger partial charge < -0.3 is 45.3 Å². The molecule has 1 aliphatic rings. The first-order valence-corrected chi connectivity index (χ1v) is 16.2. The first-order chi connectivity index (χ1) is 23.5. The molecule has 1 unspecified atom stereocenters. The molecular weight excluding hydrogens is 642 g/mol. The number of ether oxygens (including phenoxy) is 4. The van der Waals surface area contributed by atoms with Crippen LogP contribution in [0, 0.1) is 5.92 Å². The Morgan fingerprint density at radius 2 is 1.27 bits per heavy atom. The summed E-state index contributed by atoms with van der Waals surface area (Å²) in [6.45, 7) is 7.72. The third-order valence-corrected chi connectivity index (χ3v) is 7.04. The van der Waals surface area contributed by atoms with E-state index < -0.39 is 35.7 Å². The summed E-state index contributed by atoms with van der Waals surface area (Å²) >= 11 is 0. The topological polar surface area (TPSA) is 211 Å². The van der Waals surface area contributed by atoms with Crippen LogP contribution in [-0.4, -0.2) is 123 Å². The van der Waals surface area contributed by atoms with Crippen LogP contribution in [0.3, 0.4) is 0 Å². The summed E-state index contributed by atoms with van der Waals surface area (Å²) < 4.78 is 21.7. The zero-order chi connectivity index (χ0) is 36.0. The van der Waals surface area contributed by atoms with Crippen LogP contribution in [-0.2, 0) is 54.3 Å². The zero-order valence-electron chi connectivity index (χ0n) is 28.4. The molecule has 1 aromatic carbocycles. The average Bonchev–Trinajstić information content (AvgIpc) is 3.40. The predicted molar refractivity (Wildman–Crippen MR) is 177 cm³/mol. The second kappa shape index (κ2) is 23.2. The third kappa shape index (κ3) is 16.6. The maximum Gasteiger partial charge on any atom is 0.253 e. The number of anilines is 1. The predicted octanol–water partition coefficient (Wildman–Crippen LogP) is -0.349. The van der Waals surface area contributed by atoms with E-state index in [-0.39, 0.29) is 63.5 Å². The summed E-state index contributed by atoms with van der Waals surface area (Å²) in [5.74, 6) is -2.60. The molecule has 0 radical (unpaired) electrons. The lowest BCUT2D eigenvalue weighted by atomic mass is 10.0. The number of nitrogens with zero attached hydrogens (tertiary/aromatic N) is 1. The van der Waals surface area contributed by atoms with E-state index in [2.05, 4.69) is 21.3 Å². The van der Waals surface area contributed by atoms with Crippen LogP contribution >= 0.6 is 0 Å². The van der Waals surface area contributed by atoms with E-state index in [0.29, 0.717) is 50.8 Å². The monoisotopic (exact) mass is 691 g/mol. The summed E-state index contributed by atoms with van der Waals surface area (Å²) in [4.78, 5) is 73.5. The molecule has 16 nitrogen and oxygen atoms in total. The van der Waals surface area contributed by atoms with Gasteiger partial charge >= 0.3 is 0 Å². The smallest absolute Gasteiger partial charge is 0.253 e. The minimum atomic E-state index is -0.851. The highest BCUT2D eigenvalue weighted by atomic mass is 16.6. The van der Waals surface area contributed by atoms with Gasteiger partial charge in [0.2, 0.25) is 23.6 Å². The van der Waals surface area contributed by atoms with Gasteiger partial charge in [-0.15, -0.1) is 0 Å². The Morgan fingerprint density at radius 3 is 1.82 bits per heavy atom. The van der Waals surface area contributed by atoms with Gasteiger partial charge in [-0.3, -0.25) is 33.7 Å². The molecular formula is C33H49N5O11. The van der Waals surface area contributed by atoms with Gasteiger partial charge in [0.15, 0.2) is 0 Å². The number of imide groups is 1. The summed E-state index contributed by atoms with van der Waals surface area (Å²) in [6, 6.07) is 4.99. The lowest BCUT2D eigenvalue weighted by Gasteiger charge is -2.24. The first kappa shape index (κ1) is 41.0. The van der Waals surface area contributed by atoms with Crippen LogP contribution in [0.4, 0.5) is 5.69 Å². The first-order valence-electron chi connectivity index (χ1n) is 16.2. The quantitative estimate of drug-likeness (QED) is 0.0661. The number of carbonyl (C=O) groups excluding carboxylic acids is 6. The molecule has 5 N–H and O–H groups in total. The maximum absolute atomic E-state index is 12.8. The van der Waals surface area contributed by atoms with Crippen molar-refractivity contribution >= 4 is 41.1 Å². The summed E-state index contributed by atoms with van der Waals surface area (Å²) in [5, 5.41) is 19.8. The molecule has 272 valence electrons. The van der Waals surface area contributed by atoms with Crippen molar-refractivity contribution in [3.05, 3.63) is 42.0 Å². The van der Waals surface area contributed by atoms with Crippen LogP contribution in [0.15, 0.2) is 36.4 Å². The Kier molecular flexibility index (Phi) is 19.4. The molecule has 0 bridgehead atoms. The largest absolute Gasteiger partial charge is 0.392 e. The molecule has 0 saturated heterocycles. The van der Waals surface area contributed by atoms with Crippen molar-refractivity contribution in [3.8, 4) is 0 Å². The number of hydrogen-bond donors (Lipinski definition) is 5. The molecule has 0 aliphatic carbocycles. The van der Waals surface area contributed by atoms with Gasteiger partial charge in [0.1, 0.15) is 12.1 Å². The molecule has 2 atom stereocenters. The van der Waals surface area contributed by atoms with Crippen molar-refractivity contribution in [2.75, 3.05) is 71.3 Å². The summed E-state index contributed by atoms with van der Waals surface area (Å²) in [6.07, 6.45) is 2.42. The highest BCUT2D eigenvalue weighted by Crippen LogP contribution is 2.10. The van der Waals surface area contributed by atoms with E-state index in [1.807, 2.05) is 0 Å². The molecule has 0 fully saturated rings. The van der Waals surface area contributed by atoms with Crippen LogP contribution in [0.25, 0.3) is 0 Å². The Bertz CT molecular complexity index is 1240. The van der Waals surface area contributed by atoms with Crippen molar-refractivity contribution < 1.29 is 52.8 Å². The van der Waals surface area contributed by atoms with Gasteiger partial charge in [-0.2, -0.15) is 0 Å². The Labute approximate surface area is 286 Å². The fourth-order valence-corrected chi connectivity index (χ4v) is 4.24. The van der Waals surface area contributed by atoms with Crippen LogP contribution in [0.5, 0.6) is 0 Å². The zero-order valence-corrected chi connectivity index (χ0v) is 28.4. The Balaban J connectivity index is 1.44. The number of aliphatic hydroxyl groups is 1. The molecule has 6 amide bonds. The highest BCUT2D eigenvalue weighted by molar-refractivity contribution is 6.13. The second-order valence-electron chi connectivity index (χ2n) is 11.3. The Hall–Kier alpha value is -4.22. The summed E-state index contributed by atoms with van der Waals surface area (Å²) in [5.41, 5.74) is 1.24. The van der Waals surface area contributed by atoms with Crippen molar-refractivity contribution in [2.45, 2.75) is 52.3 Å². The van der Waals surface area contributed by atoms with E-state index in [1.165, 1.54) is 12.2 Å². The maximum atomic E-state index is 12.8. The number of rotatable bonds is 25. The van der Waals surface area contributed by atoms with Crippen LogP contribution < -0.4 is 21.3 Å². The molecule has 0 aromatic heterocycles. The third-order valence-electron chi connectivity index (χ3n) is 7.04. The standard InChI is InChI=1S/C33H49N5O11/c1-23(2)31(33(45)35-24(3)32(44)36-26-6-4-25(22-39)5-7-26)37-28(41)11-14-46-16-18-48-20-21-49-19-17-47-15-12-34-27(40)10-13-38-29(42)8-9-30(38)43/h4-9,23-24,31,39H,10-22H2,1-3H3,(H,34,40)(H,35,45)(H,36,44)(H,37,41)/t24-,31?/m0/s1. The minimum Gasteiger partial charge on any atom is -0.392 e. The number of carbonyl (C=O) groups is 6. The van der Waals surface area contributed by atoms with Crippen molar-refractivity contribution in [1.29, 1.82) is 0 Å². The normalized spacial score (nSPS) is 13.8. The fraction of sp³-hybridized carbons (Fsp3) is 0.576. The van der Waals surface area contributed by atoms with Gasteiger partial charge in [0.05, 0.1) is 59.5 Å². The van der Waals surface area contributed by atoms with Crippen molar-refractivity contribution in [2.24, 2.45) is 5.92 Å². The number of hydrogen-bond acceptors (Lipinski definition) is 11. The van der Waals surface area contributed by atoms with Crippen LogP contribution in [0.2, 0.25) is 0 Å². The van der Waals surface area contributed by atoms with Gasteiger partial charge in [-0.05, 0) is 30.5 Å². The van der Waals surface area contributed by atoms with E-state index in [9.17, 15) is 28.8 Å². The molecule has 0 spiro atoms. The van der Waals surface area contributed by atoms with Gasteiger partial charge in [0.25, 0.3) is 11.8 Å². The van der Waals surface area contributed by atoms with Gasteiger partial charge in [-0.25, -0.2) is 0 Å². The summed E-state index contributed by atoms with van der Waals surface area (Å²) in [7, 11) is 0. The number of benzene rings is 1. The average molecular weight is 692 g/mol. The van der Waals surface area contributed by atoms with Crippen molar-refractivity contribution in [3.63, 3.8) is 0 Å². The molecule has 49 heavy (non-hydrogen) atoms. The fourth-order valence-electron chi connectivity index (χ4n) is 4.24. The highest BCUT2D eigenvalue weighted by Gasteiger charge is 2.27. The lowest BCUT2D eigenvalue weighted by Crippen LogP contribution is -2.53. The van der Waals surface area contributed by atoms with Crippen LogP contribution in [0.1, 0.15) is 39.2 Å². The molecule has 2 rings (SSSR count). The van der Waals surface area contributed by atoms with E-state index in [4.69, 9.17) is 24.1 Å².